The molecule has 138 valence electrons. The molecule has 2 atom stereocenters. The fourth-order valence-electron chi connectivity index (χ4n) is 4.52. The zero-order valence-electron chi connectivity index (χ0n) is 15.4. The Morgan fingerprint density at radius 2 is 1.85 bits per heavy atom. The molecule has 3 nitrogen and oxygen atoms in total. The molecular formula is C22H27BrN2O. The van der Waals surface area contributed by atoms with Gasteiger partial charge in [-0.25, -0.2) is 0 Å². The molecule has 0 bridgehead atoms. The highest BCUT2D eigenvalue weighted by Crippen LogP contribution is 2.35. The van der Waals surface area contributed by atoms with Gasteiger partial charge >= 0.3 is 0 Å². The Morgan fingerprint density at radius 1 is 1.00 bits per heavy atom. The third-order valence-electron chi connectivity index (χ3n) is 5.90. The minimum absolute atomic E-state index is 0.651. The van der Waals surface area contributed by atoms with Gasteiger partial charge in [-0.1, -0.05) is 52.3 Å². The van der Waals surface area contributed by atoms with Crippen molar-refractivity contribution in [3.8, 4) is 0 Å². The number of hydrogen-bond acceptors (Lipinski definition) is 3. The van der Waals surface area contributed by atoms with Gasteiger partial charge in [0.05, 0.1) is 6.61 Å². The topological polar surface area (TPSA) is 15.7 Å². The quantitative estimate of drug-likeness (QED) is 0.722. The number of halogens is 1. The first-order valence-electron chi connectivity index (χ1n) is 9.56. The van der Waals surface area contributed by atoms with Crippen molar-refractivity contribution in [2.75, 3.05) is 38.2 Å². The Morgan fingerprint density at radius 3 is 2.65 bits per heavy atom. The molecule has 4 heteroatoms. The number of nitrogens with zero attached hydrogens (tertiary/aromatic N) is 2. The van der Waals surface area contributed by atoms with E-state index in [-0.39, 0.29) is 0 Å². The maximum Gasteiger partial charge on any atom is 0.0744 e. The van der Waals surface area contributed by atoms with E-state index in [0.717, 1.165) is 24.1 Å². The molecule has 2 aromatic rings. The lowest BCUT2D eigenvalue weighted by molar-refractivity contribution is 0.118. The number of piperazine rings is 1. The van der Waals surface area contributed by atoms with E-state index < -0.39 is 0 Å². The number of fused-ring (bicyclic) bond motifs is 1. The lowest BCUT2D eigenvalue weighted by atomic mass is 9.86. The van der Waals surface area contributed by atoms with Gasteiger partial charge in [-0.05, 0) is 36.5 Å². The van der Waals surface area contributed by atoms with E-state index in [0.29, 0.717) is 18.6 Å². The second-order valence-corrected chi connectivity index (χ2v) is 8.30. The van der Waals surface area contributed by atoms with E-state index >= 15 is 0 Å². The van der Waals surface area contributed by atoms with Gasteiger partial charge in [-0.15, -0.1) is 0 Å². The van der Waals surface area contributed by atoms with Crippen LogP contribution in [0.5, 0.6) is 0 Å². The van der Waals surface area contributed by atoms with Crippen molar-refractivity contribution in [3.63, 3.8) is 0 Å². The van der Waals surface area contributed by atoms with Crippen LogP contribution in [0.4, 0.5) is 5.69 Å². The molecule has 2 heterocycles. The predicted molar refractivity (Wildman–Crippen MR) is 111 cm³/mol. The third kappa shape index (κ3) is 3.68. The fraction of sp³-hybridized carbons (Fsp3) is 0.455. The van der Waals surface area contributed by atoms with Gasteiger partial charge in [0, 0.05) is 55.1 Å². The van der Waals surface area contributed by atoms with Crippen molar-refractivity contribution >= 4 is 21.6 Å². The number of methoxy groups -OCH3 is 1. The van der Waals surface area contributed by atoms with E-state index in [9.17, 15) is 0 Å². The van der Waals surface area contributed by atoms with Gasteiger partial charge in [0.15, 0.2) is 0 Å². The first-order valence-corrected chi connectivity index (χ1v) is 10.4. The van der Waals surface area contributed by atoms with Crippen LogP contribution < -0.4 is 4.90 Å². The molecular weight excluding hydrogens is 388 g/mol. The first-order chi connectivity index (χ1) is 12.8. The van der Waals surface area contributed by atoms with E-state index in [4.69, 9.17) is 4.74 Å². The molecule has 0 aromatic heterocycles. The summed E-state index contributed by atoms with van der Waals surface area (Å²) in [5.41, 5.74) is 4.09. The minimum Gasteiger partial charge on any atom is -0.380 e. The lowest BCUT2D eigenvalue weighted by Crippen LogP contribution is -2.56. The van der Waals surface area contributed by atoms with Crippen LogP contribution in [0, 0.1) is 0 Å². The summed E-state index contributed by atoms with van der Waals surface area (Å²) in [5, 5.41) is 0. The van der Waals surface area contributed by atoms with Crippen LogP contribution in [0.25, 0.3) is 0 Å². The van der Waals surface area contributed by atoms with E-state index in [1.807, 2.05) is 0 Å². The first kappa shape index (κ1) is 18.0. The molecule has 0 N–H and O–H groups in total. The SMILES string of the molecule is COCc1c(Br)cccc1N1CCN2C[C@@H](c3ccccc3)CC[C@@H]2C1. The molecule has 0 radical (unpaired) electrons. The number of rotatable bonds is 4. The summed E-state index contributed by atoms with van der Waals surface area (Å²) in [7, 11) is 1.77. The number of piperidine rings is 1. The van der Waals surface area contributed by atoms with Gasteiger partial charge in [-0.3, -0.25) is 4.90 Å². The van der Waals surface area contributed by atoms with Gasteiger partial charge < -0.3 is 9.64 Å². The normalized spacial score (nSPS) is 23.7. The van der Waals surface area contributed by atoms with Crippen molar-refractivity contribution in [2.24, 2.45) is 0 Å². The average molecular weight is 415 g/mol. The summed E-state index contributed by atoms with van der Waals surface area (Å²) < 4.78 is 6.59. The second-order valence-electron chi connectivity index (χ2n) is 7.45. The second kappa shape index (κ2) is 8.12. The molecule has 2 fully saturated rings. The van der Waals surface area contributed by atoms with Gasteiger partial charge in [0.1, 0.15) is 0 Å². The van der Waals surface area contributed by atoms with Crippen LogP contribution >= 0.6 is 15.9 Å². The van der Waals surface area contributed by atoms with Gasteiger partial charge in [-0.2, -0.15) is 0 Å². The summed E-state index contributed by atoms with van der Waals surface area (Å²) in [4.78, 5) is 5.27. The lowest BCUT2D eigenvalue weighted by Gasteiger charge is -2.47. The molecule has 26 heavy (non-hydrogen) atoms. The minimum atomic E-state index is 0.651. The number of benzene rings is 2. The van der Waals surface area contributed by atoms with Crippen LogP contribution in [-0.4, -0.2) is 44.2 Å². The van der Waals surface area contributed by atoms with E-state index in [1.165, 1.54) is 36.2 Å². The summed E-state index contributed by atoms with van der Waals surface area (Å²) in [6, 6.07) is 18.2. The Bertz CT molecular complexity index is 736. The van der Waals surface area contributed by atoms with Gasteiger partial charge in [0.2, 0.25) is 0 Å². The van der Waals surface area contributed by atoms with Crippen LogP contribution in [0.15, 0.2) is 53.0 Å². The summed E-state index contributed by atoms with van der Waals surface area (Å²) in [6.07, 6.45) is 2.58. The Labute approximate surface area is 165 Å². The molecule has 0 amide bonds. The third-order valence-corrected chi connectivity index (χ3v) is 6.65. The maximum atomic E-state index is 5.44. The molecule has 2 aliphatic rings. The largest absolute Gasteiger partial charge is 0.380 e. The Hall–Kier alpha value is -1.36. The molecule has 0 spiro atoms. The highest BCUT2D eigenvalue weighted by atomic mass is 79.9. The van der Waals surface area contributed by atoms with Crippen molar-refractivity contribution < 1.29 is 4.74 Å². The standard InChI is InChI=1S/C22H27BrN2O/c1-26-16-20-21(23)8-5-9-22(20)25-13-12-24-14-18(10-11-19(24)15-25)17-6-3-2-4-7-17/h2-9,18-19H,10-16H2,1H3/t18-,19+/m0/s1. The molecule has 0 unspecified atom stereocenters. The van der Waals surface area contributed by atoms with Crippen molar-refractivity contribution in [1.29, 1.82) is 0 Å². The van der Waals surface area contributed by atoms with Crippen molar-refractivity contribution in [3.05, 3.63) is 64.1 Å². The monoisotopic (exact) mass is 414 g/mol. The van der Waals surface area contributed by atoms with Gasteiger partial charge in [0.25, 0.3) is 0 Å². The Balaban J connectivity index is 1.46. The number of ether oxygens (including phenoxy) is 1. The molecule has 2 aliphatic heterocycles. The summed E-state index contributed by atoms with van der Waals surface area (Å²) >= 11 is 3.70. The highest BCUT2D eigenvalue weighted by Gasteiger charge is 2.34. The zero-order chi connectivity index (χ0) is 17.9. The zero-order valence-corrected chi connectivity index (χ0v) is 17.0. The average Bonchev–Trinajstić information content (AvgIpc) is 2.69. The number of anilines is 1. The Kier molecular flexibility index (Phi) is 5.63. The van der Waals surface area contributed by atoms with Crippen LogP contribution in [0.2, 0.25) is 0 Å². The van der Waals surface area contributed by atoms with E-state index in [1.54, 1.807) is 7.11 Å². The molecule has 2 saturated heterocycles. The molecule has 0 saturated carbocycles. The van der Waals surface area contributed by atoms with Crippen molar-refractivity contribution in [1.82, 2.24) is 4.90 Å². The molecule has 4 rings (SSSR count). The smallest absolute Gasteiger partial charge is 0.0744 e. The predicted octanol–water partition coefficient (Wildman–Crippen LogP) is 4.66. The van der Waals surface area contributed by atoms with Crippen LogP contribution in [0.3, 0.4) is 0 Å². The molecule has 2 aromatic carbocycles. The maximum absolute atomic E-state index is 5.44. The van der Waals surface area contributed by atoms with Crippen LogP contribution in [0.1, 0.15) is 29.9 Å². The number of hydrogen-bond donors (Lipinski definition) is 0. The molecule has 0 aliphatic carbocycles. The van der Waals surface area contributed by atoms with Crippen molar-refractivity contribution in [2.45, 2.75) is 31.4 Å². The summed E-state index contributed by atoms with van der Waals surface area (Å²) in [6.45, 7) is 5.20. The highest BCUT2D eigenvalue weighted by molar-refractivity contribution is 9.10. The van der Waals surface area contributed by atoms with E-state index in [2.05, 4.69) is 74.3 Å². The fourth-order valence-corrected chi connectivity index (χ4v) is 4.99. The summed E-state index contributed by atoms with van der Waals surface area (Å²) in [5.74, 6) is 0.689. The van der Waals surface area contributed by atoms with Crippen LogP contribution in [-0.2, 0) is 11.3 Å².